The summed E-state index contributed by atoms with van der Waals surface area (Å²) in [5.74, 6) is -4.06. The van der Waals surface area contributed by atoms with Crippen molar-refractivity contribution in [3.63, 3.8) is 0 Å². The van der Waals surface area contributed by atoms with Crippen LogP contribution in [0.25, 0.3) is 5.52 Å². The third kappa shape index (κ3) is 2.47. The van der Waals surface area contributed by atoms with Crippen molar-refractivity contribution in [1.29, 1.82) is 0 Å². The zero-order chi connectivity index (χ0) is 15.9. The van der Waals surface area contributed by atoms with E-state index >= 15 is 0 Å². The number of fused-ring (bicyclic) bond motifs is 1. The van der Waals surface area contributed by atoms with Crippen molar-refractivity contribution in [2.24, 2.45) is 7.05 Å². The van der Waals surface area contributed by atoms with Gasteiger partial charge < -0.3 is 10.6 Å². The molecule has 7 nitrogen and oxygen atoms in total. The molecule has 22 heavy (non-hydrogen) atoms. The Morgan fingerprint density at radius 3 is 2.95 bits per heavy atom. The largest absolute Gasteiger partial charge is 0.347 e. The lowest BCUT2D eigenvalue weighted by Crippen LogP contribution is -2.37. The molecule has 1 aliphatic heterocycles. The highest BCUT2D eigenvalue weighted by Gasteiger charge is 2.47. The maximum absolute atomic E-state index is 13.1. The van der Waals surface area contributed by atoms with Gasteiger partial charge in [-0.2, -0.15) is 13.9 Å². The number of hydrogen-bond donors (Lipinski definition) is 2. The van der Waals surface area contributed by atoms with Crippen LogP contribution < -0.4 is 16.2 Å². The van der Waals surface area contributed by atoms with Crippen LogP contribution in [0.15, 0.2) is 23.1 Å². The molecule has 1 saturated heterocycles. The van der Waals surface area contributed by atoms with Crippen molar-refractivity contribution >= 4 is 11.4 Å². The second kappa shape index (κ2) is 5.16. The van der Waals surface area contributed by atoms with Gasteiger partial charge in [0.1, 0.15) is 11.3 Å². The standard InChI is InChI=1S/C13H15F2N5O2/c1-19-10(18-20-4-2-3-9(20)11(19)21)7-16-6-8-5-13(14,15)12(22)17-8/h2-4,8,16H,5-7H2,1H3,(H,17,22). The minimum Gasteiger partial charge on any atom is -0.347 e. The summed E-state index contributed by atoms with van der Waals surface area (Å²) < 4.78 is 29.1. The Morgan fingerprint density at radius 2 is 2.27 bits per heavy atom. The zero-order valence-corrected chi connectivity index (χ0v) is 11.8. The molecular weight excluding hydrogens is 296 g/mol. The van der Waals surface area contributed by atoms with Gasteiger partial charge in [0.15, 0.2) is 0 Å². The molecule has 2 aromatic heterocycles. The minimum atomic E-state index is -3.30. The highest BCUT2D eigenvalue weighted by atomic mass is 19.3. The van der Waals surface area contributed by atoms with E-state index in [1.807, 2.05) is 0 Å². The number of nitrogens with one attached hydrogen (secondary N) is 2. The van der Waals surface area contributed by atoms with Crippen LogP contribution in [0, 0.1) is 0 Å². The monoisotopic (exact) mass is 311 g/mol. The summed E-state index contributed by atoms with van der Waals surface area (Å²) >= 11 is 0. The Morgan fingerprint density at radius 1 is 1.50 bits per heavy atom. The molecule has 0 saturated carbocycles. The van der Waals surface area contributed by atoms with Crippen molar-refractivity contribution in [1.82, 2.24) is 24.8 Å². The first-order valence-electron chi connectivity index (χ1n) is 6.81. The van der Waals surface area contributed by atoms with Crippen molar-refractivity contribution in [2.45, 2.75) is 24.9 Å². The SMILES string of the molecule is Cn1c(CNCC2CC(F)(F)C(=O)N2)nn2cccc2c1=O. The van der Waals surface area contributed by atoms with Crippen LogP contribution in [0.2, 0.25) is 0 Å². The highest BCUT2D eigenvalue weighted by Crippen LogP contribution is 2.26. The topological polar surface area (TPSA) is 80.4 Å². The molecule has 2 aromatic rings. The van der Waals surface area contributed by atoms with Crippen LogP contribution in [-0.4, -0.2) is 38.6 Å². The van der Waals surface area contributed by atoms with E-state index in [9.17, 15) is 18.4 Å². The summed E-state index contributed by atoms with van der Waals surface area (Å²) in [6, 6.07) is 2.76. The molecule has 0 spiro atoms. The molecule has 9 heteroatoms. The number of halogens is 2. The van der Waals surface area contributed by atoms with Gasteiger partial charge in [-0.15, -0.1) is 0 Å². The van der Waals surface area contributed by atoms with Gasteiger partial charge in [0.2, 0.25) is 0 Å². The van der Waals surface area contributed by atoms with Gasteiger partial charge in [0.25, 0.3) is 11.5 Å². The van der Waals surface area contributed by atoms with Gasteiger partial charge in [-0.3, -0.25) is 14.2 Å². The molecule has 1 unspecified atom stereocenters. The lowest BCUT2D eigenvalue weighted by molar-refractivity contribution is -0.139. The second-order valence-corrected chi connectivity index (χ2v) is 5.33. The van der Waals surface area contributed by atoms with Crippen LogP contribution >= 0.6 is 0 Å². The van der Waals surface area contributed by atoms with Gasteiger partial charge >= 0.3 is 5.92 Å². The van der Waals surface area contributed by atoms with Gasteiger partial charge in [-0.05, 0) is 12.1 Å². The van der Waals surface area contributed by atoms with Crippen LogP contribution in [0.5, 0.6) is 0 Å². The van der Waals surface area contributed by atoms with E-state index in [4.69, 9.17) is 0 Å². The number of carbonyl (C=O) groups is 1. The van der Waals surface area contributed by atoms with E-state index in [0.29, 0.717) is 11.3 Å². The molecule has 1 fully saturated rings. The first-order valence-corrected chi connectivity index (χ1v) is 6.81. The smallest absolute Gasteiger partial charge is 0.326 e. The normalized spacial score (nSPS) is 20.5. The lowest BCUT2D eigenvalue weighted by atomic mass is 10.2. The number of hydrogen-bond acceptors (Lipinski definition) is 4. The Labute approximate surface area is 123 Å². The van der Waals surface area contributed by atoms with Crippen LogP contribution in [0.4, 0.5) is 8.78 Å². The molecular formula is C13H15F2N5O2. The Bertz CT molecular complexity index is 782. The minimum absolute atomic E-state index is 0.181. The first kappa shape index (κ1) is 14.6. The molecule has 0 aromatic carbocycles. The van der Waals surface area contributed by atoms with Crippen molar-refractivity contribution in [3.05, 3.63) is 34.5 Å². The lowest BCUT2D eigenvalue weighted by Gasteiger charge is -2.12. The number of amides is 1. The number of rotatable bonds is 4. The van der Waals surface area contributed by atoms with Gasteiger partial charge in [-0.1, -0.05) is 0 Å². The number of alkyl halides is 2. The summed E-state index contributed by atoms with van der Waals surface area (Å²) in [6.45, 7) is 0.415. The quantitative estimate of drug-likeness (QED) is 0.808. The zero-order valence-electron chi connectivity index (χ0n) is 11.8. The number of nitrogens with zero attached hydrogens (tertiary/aromatic N) is 3. The predicted octanol–water partition coefficient (Wildman–Crippen LogP) is -0.354. The maximum atomic E-state index is 13.1. The maximum Gasteiger partial charge on any atom is 0.326 e. The molecule has 0 radical (unpaired) electrons. The third-order valence-corrected chi connectivity index (χ3v) is 3.71. The Balaban J connectivity index is 1.66. The van der Waals surface area contributed by atoms with E-state index < -0.39 is 24.3 Å². The molecule has 2 N–H and O–H groups in total. The van der Waals surface area contributed by atoms with Crippen molar-refractivity contribution in [2.75, 3.05) is 6.54 Å². The summed E-state index contributed by atoms with van der Waals surface area (Å²) in [7, 11) is 1.60. The van der Waals surface area contributed by atoms with Crippen molar-refractivity contribution in [3.8, 4) is 0 Å². The summed E-state index contributed by atoms with van der Waals surface area (Å²) in [5.41, 5.74) is 0.284. The molecule has 0 bridgehead atoms. The summed E-state index contributed by atoms with van der Waals surface area (Å²) in [6.07, 6.45) is 1.14. The molecule has 118 valence electrons. The van der Waals surface area contributed by atoms with Crippen molar-refractivity contribution < 1.29 is 13.6 Å². The fourth-order valence-corrected chi connectivity index (χ4v) is 2.49. The fourth-order valence-electron chi connectivity index (χ4n) is 2.49. The fraction of sp³-hybridized carbons (Fsp3) is 0.462. The number of aromatic nitrogens is 3. The van der Waals surface area contributed by atoms with Crippen LogP contribution in [0.3, 0.4) is 0 Å². The van der Waals surface area contributed by atoms with Crippen LogP contribution in [0.1, 0.15) is 12.2 Å². The predicted molar refractivity (Wildman–Crippen MR) is 73.6 cm³/mol. The number of carbonyl (C=O) groups excluding carboxylic acids is 1. The molecule has 1 aliphatic rings. The Hall–Kier alpha value is -2.29. The third-order valence-electron chi connectivity index (χ3n) is 3.71. The van der Waals surface area contributed by atoms with Crippen LogP contribution in [-0.2, 0) is 18.4 Å². The van der Waals surface area contributed by atoms with Gasteiger partial charge in [-0.25, -0.2) is 4.52 Å². The highest BCUT2D eigenvalue weighted by molar-refractivity contribution is 5.86. The van der Waals surface area contributed by atoms with E-state index in [1.165, 1.54) is 9.08 Å². The van der Waals surface area contributed by atoms with Gasteiger partial charge in [0, 0.05) is 32.3 Å². The average Bonchev–Trinajstić information content (AvgIpc) is 3.00. The second-order valence-electron chi connectivity index (χ2n) is 5.33. The molecule has 1 amide bonds. The molecule has 3 rings (SSSR count). The molecule has 3 heterocycles. The summed E-state index contributed by atoms with van der Waals surface area (Å²) in [4.78, 5) is 23.1. The van der Waals surface area contributed by atoms with E-state index in [1.54, 1.807) is 25.4 Å². The van der Waals surface area contributed by atoms with Gasteiger partial charge in [0.05, 0.1) is 6.54 Å². The van der Waals surface area contributed by atoms with E-state index in [2.05, 4.69) is 15.7 Å². The average molecular weight is 311 g/mol. The van der Waals surface area contributed by atoms with E-state index in [-0.39, 0.29) is 18.6 Å². The Kier molecular flexibility index (Phi) is 3.44. The molecule has 1 atom stereocenters. The first-order chi connectivity index (χ1) is 10.4. The summed E-state index contributed by atoms with van der Waals surface area (Å²) in [5, 5.41) is 9.46. The molecule has 0 aliphatic carbocycles. The van der Waals surface area contributed by atoms with E-state index in [0.717, 1.165) is 0 Å².